The number of aryl methyl sites for hydroxylation is 2. The number of rotatable bonds is 5. The van der Waals surface area contributed by atoms with Crippen molar-refractivity contribution in [3.63, 3.8) is 0 Å². The topological polar surface area (TPSA) is 62.7 Å². The Bertz CT molecular complexity index is 666. The second kappa shape index (κ2) is 6.38. The van der Waals surface area contributed by atoms with Crippen molar-refractivity contribution in [1.29, 1.82) is 0 Å². The SMILES string of the molecule is Cc1nn(C)c(C)c1CC(C)NC(=O)c1cc[nH]c1C(C)C. The molecule has 1 unspecified atom stereocenters. The molecule has 0 aliphatic heterocycles. The van der Waals surface area contributed by atoms with Crippen LogP contribution in [0.15, 0.2) is 12.3 Å². The van der Waals surface area contributed by atoms with E-state index in [9.17, 15) is 4.79 Å². The highest BCUT2D eigenvalue weighted by atomic mass is 16.1. The van der Waals surface area contributed by atoms with Gasteiger partial charge in [-0.15, -0.1) is 0 Å². The first-order chi connectivity index (χ1) is 10.3. The fraction of sp³-hybridized carbons (Fsp3) is 0.529. The van der Waals surface area contributed by atoms with Crippen molar-refractivity contribution in [3.8, 4) is 0 Å². The van der Waals surface area contributed by atoms with Crippen molar-refractivity contribution in [2.45, 2.75) is 53.0 Å². The van der Waals surface area contributed by atoms with Gasteiger partial charge in [-0.2, -0.15) is 5.10 Å². The predicted octanol–water partition coefficient (Wildman–Crippen LogP) is 2.85. The van der Waals surface area contributed by atoms with Crippen molar-refractivity contribution in [2.75, 3.05) is 0 Å². The van der Waals surface area contributed by atoms with E-state index in [1.54, 1.807) is 0 Å². The third-order valence-corrected chi connectivity index (χ3v) is 4.15. The molecule has 120 valence electrons. The van der Waals surface area contributed by atoms with Gasteiger partial charge in [0.25, 0.3) is 5.91 Å². The molecular formula is C17H26N4O. The van der Waals surface area contributed by atoms with E-state index in [4.69, 9.17) is 0 Å². The molecule has 2 aromatic rings. The predicted molar refractivity (Wildman–Crippen MR) is 88.2 cm³/mol. The molecule has 0 bridgehead atoms. The Balaban J connectivity index is 2.07. The van der Waals surface area contributed by atoms with Crippen LogP contribution in [0.4, 0.5) is 0 Å². The van der Waals surface area contributed by atoms with Crippen LogP contribution in [0, 0.1) is 13.8 Å². The Hall–Kier alpha value is -2.04. The lowest BCUT2D eigenvalue weighted by atomic mass is 10.0. The highest BCUT2D eigenvalue weighted by Crippen LogP contribution is 2.18. The van der Waals surface area contributed by atoms with Gasteiger partial charge < -0.3 is 10.3 Å². The molecule has 0 aliphatic rings. The van der Waals surface area contributed by atoms with Gasteiger partial charge in [0.05, 0.1) is 11.3 Å². The first kappa shape index (κ1) is 16.3. The van der Waals surface area contributed by atoms with Gasteiger partial charge in [-0.25, -0.2) is 0 Å². The number of carbonyl (C=O) groups excluding carboxylic acids is 1. The van der Waals surface area contributed by atoms with Gasteiger partial charge in [-0.05, 0) is 44.7 Å². The summed E-state index contributed by atoms with van der Waals surface area (Å²) in [6, 6.07) is 1.90. The molecule has 2 rings (SSSR count). The maximum Gasteiger partial charge on any atom is 0.253 e. The number of hydrogen-bond donors (Lipinski definition) is 2. The summed E-state index contributed by atoms with van der Waals surface area (Å²) in [4.78, 5) is 15.6. The maximum atomic E-state index is 12.5. The summed E-state index contributed by atoms with van der Waals surface area (Å²) in [5.74, 6) is 0.283. The Morgan fingerprint density at radius 1 is 1.36 bits per heavy atom. The molecule has 0 saturated heterocycles. The normalized spacial score (nSPS) is 12.7. The Kier molecular flexibility index (Phi) is 4.74. The van der Waals surface area contributed by atoms with Gasteiger partial charge in [0, 0.05) is 30.7 Å². The van der Waals surface area contributed by atoms with E-state index in [1.165, 1.54) is 5.56 Å². The Morgan fingerprint density at radius 2 is 2.05 bits per heavy atom. The largest absolute Gasteiger partial charge is 0.364 e. The first-order valence-corrected chi connectivity index (χ1v) is 7.78. The van der Waals surface area contributed by atoms with Crippen molar-refractivity contribution >= 4 is 5.91 Å². The van der Waals surface area contributed by atoms with Crippen LogP contribution in [0.25, 0.3) is 0 Å². The second-order valence-electron chi connectivity index (χ2n) is 6.31. The lowest BCUT2D eigenvalue weighted by Crippen LogP contribution is -2.34. The van der Waals surface area contributed by atoms with E-state index in [-0.39, 0.29) is 11.9 Å². The van der Waals surface area contributed by atoms with Gasteiger partial charge in [0.1, 0.15) is 0 Å². The van der Waals surface area contributed by atoms with E-state index < -0.39 is 0 Å². The summed E-state index contributed by atoms with van der Waals surface area (Å²) >= 11 is 0. The number of H-pyrrole nitrogens is 1. The number of aromatic amines is 1. The molecule has 0 spiro atoms. The van der Waals surface area contributed by atoms with Crippen LogP contribution in [0.5, 0.6) is 0 Å². The second-order valence-corrected chi connectivity index (χ2v) is 6.31. The highest BCUT2D eigenvalue weighted by molar-refractivity contribution is 5.95. The van der Waals surface area contributed by atoms with E-state index in [0.29, 0.717) is 5.92 Å². The average molecular weight is 302 g/mol. The molecule has 2 N–H and O–H groups in total. The molecular weight excluding hydrogens is 276 g/mol. The molecule has 5 nitrogen and oxygen atoms in total. The zero-order valence-corrected chi connectivity index (χ0v) is 14.3. The van der Waals surface area contributed by atoms with Crippen LogP contribution >= 0.6 is 0 Å². The zero-order chi connectivity index (χ0) is 16.4. The number of carbonyl (C=O) groups is 1. The molecule has 2 aromatic heterocycles. The average Bonchev–Trinajstić information content (AvgIpc) is 3.00. The summed E-state index contributed by atoms with van der Waals surface area (Å²) in [5.41, 5.74) is 5.13. The fourth-order valence-corrected chi connectivity index (χ4v) is 2.83. The van der Waals surface area contributed by atoms with Crippen molar-refractivity contribution in [2.24, 2.45) is 7.05 Å². The Labute approximate surface area is 132 Å². The van der Waals surface area contributed by atoms with Gasteiger partial charge in [-0.1, -0.05) is 13.8 Å². The van der Waals surface area contributed by atoms with Gasteiger partial charge in [-0.3, -0.25) is 9.48 Å². The minimum absolute atomic E-state index is 0.0170. The molecule has 0 radical (unpaired) electrons. The van der Waals surface area contributed by atoms with E-state index in [0.717, 1.165) is 29.1 Å². The lowest BCUT2D eigenvalue weighted by Gasteiger charge is -2.15. The summed E-state index contributed by atoms with van der Waals surface area (Å²) in [6.45, 7) is 10.3. The first-order valence-electron chi connectivity index (χ1n) is 7.78. The van der Waals surface area contributed by atoms with Crippen molar-refractivity contribution in [3.05, 3.63) is 40.5 Å². The summed E-state index contributed by atoms with van der Waals surface area (Å²) in [7, 11) is 1.95. The van der Waals surface area contributed by atoms with Crippen LogP contribution < -0.4 is 5.32 Å². The highest BCUT2D eigenvalue weighted by Gasteiger charge is 2.18. The summed E-state index contributed by atoms with van der Waals surface area (Å²) < 4.78 is 1.89. The van der Waals surface area contributed by atoms with Crippen LogP contribution in [-0.2, 0) is 13.5 Å². The number of aromatic nitrogens is 3. The quantitative estimate of drug-likeness (QED) is 0.892. The minimum Gasteiger partial charge on any atom is -0.364 e. The van der Waals surface area contributed by atoms with Crippen LogP contribution in [-0.4, -0.2) is 26.7 Å². The standard InChI is InChI=1S/C17H26N4O/c1-10(2)16-14(7-8-18-16)17(22)19-11(3)9-15-12(4)20-21(6)13(15)5/h7-8,10-11,18H,9H2,1-6H3,(H,19,22). The van der Waals surface area contributed by atoms with E-state index >= 15 is 0 Å². The summed E-state index contributed by atoms with van der Waals surface area (Å²) in [6.07, 6.45) is 2.61. The molecule has 0 fully saturated rings. The van der Waals surface area contributed by atoms with Crippen molar-refractivity contribution in [1.82, 2.24) is 20.1 Å². The number of nitrogens with zero attached hydrogens (tertiary/aromatic N) is 2. The minimum atomic E-state index is -0.0170. The molecule has 1 amide bonds. The zero-order valence-electron chi connectivity index (χ0n) is 14.3. The van der Waals surface area contributed by atoms with E-state index in [2.05, 4.69) is 36.2 Å². The van der Waals surface area contributed by atoms with Gasteiger partial charge in [0.15, 0.2) is 0 Å². The molecule has 0 aliphatic carbocycles. The van der Waals surface area contributed by atoms with Gasteiger partial charge in [0.2, 0.25) is 0 Å². The molecule has 0 aromatic carbocycles. The molecule has 0 saturated carbocycles. The number of hydrogen-bond acceptors (Lipinski definition) is 2. The van der Waals surface area contributed by atoms with E-state index in [1.807, 2.05) is 37.8 Å². The van der Waals surface area contributed by atoms with Crippen LogP contribution in [0.3, 0.4) is 0 Å². The molecule has 22 heavy (non-hydrogen) atoms. The Morgan fingerprint density at radius 3 is 2.59 bits per heavy atom. The molecule has 2 heterocycles. The maximum absolute atomic E-state index is 12.5. The number of amides is 1. The third kappa shape index (κ3) is 3.24. The van der Waals surface area contributed by atoms with Crippen molar-refractivity contribution < 1.29 is 4.79 Å². The molecule has 1 atom stereocenters. The lowest BCUT2D eigenvalue weighted by molar-refractivity contribution is 0.0939. The van der Waals surface area contributed by atoms with Crippen LogP contribution in [0.1, 0.15) is 59.7 Å². The number of nitrogens with one attached hydrogen (secondary N) is 2. The van der Waals surface area contributed by atoms with Crippen LogP contribution in [0.2, 0.25) is 0 Å². The fourth-order valence-electron chi connectivity index (χ4n) is 2.83. The monoisotopic (exact) mass is 302 g/mol. The third-order valence-electron chi connectivity index (χ3n) is 4.15. The smallest absolute Gasteiger partial charge is 0.253 e. The van der Waals surface area contributed by atoms with Gasteiger partial charge >= 0.3 is 0 Å². The molecule has 5 heteroatoms. The summed E-state index contributed by atoms with van der Waals surface area (Å²) in [5, 5.41) is 7.52.